The van der Waals surface area contributed by atoms with E-state index in [1.807, 2.05) is 49.5 Å². The standard InChI is InChI=1S/C21H18N4O2S/c1-12-16(10-22-25-12)13-6-7-17-19(9-13)28-21(23-17)24-20(26)15-8-14-4-2-3-5-18(14)27-11-15/h2-7,9-10,15H,8,11H2,1H3,(H,22,25)(H,23,24,26). The molecule has 0 saturated heterocycles. The van der Waals surface area contributed by atoms with Crippen molar-refractivity contribution in [2.75, 3.05) is 11.9 Å². The summed E-state index contributed by atoms with van der Waals surface area (Å²) in [7, 11) is 0. The van der Waals surface area contributed by atoms with Gasteiger partial charge in [0.1, 0.15) is 12.4 Å². The van der Waals surface area contributed by atoms with Gasteiger partial charge < -0.3 is 10.1 Å². The number of aryl methyl sites for hydroxylation is 1. The van der Waals surface area contributed by atoms with Crippen LogP contribution < -0.4 is 10.1 Å². The highest BCUT2D eigenvalue weighted by molar-refractivity contribution is 7.22. The lowest BCUT2D eigenvalue weighted by atomic mass is 9.96. The van der Waals surface area contributed by atoms with E-state index in [9.17, 15) is 4.79 Å². The topological polar surface area (TPSA) is 79.9 Å². The smallest absolute Gasteiger partial charge is 0.233 e. The number of nitrogens with one attached hydrogen (secondary N) is 2. The lowest BCUT2D eigenvalue weighted by molar-refractivity contribution is -0.121. The summed E-state index contributed by atoms with van der Waals surface area (Å²) >= 11 is 1.48. The first-order valence-corrected chi connectivity index (χ1v) is 9.91. The van der Waals surface area contributed by atoms with E-state index in [1.54, 1.807) is 0 Å². The molecule has 0 radical (unpaired) electrons. The summed E-state index contributed by atoms with van der Waals surface area (Å²) in [6.07, 6.45) is 2.50. The molecule has 1 unspecified atom stereocenters. The molecule has 0 bridgehead atoms. The number of para-hydroxylation sites is 1. The van der Waals surface area contributed by atoms with E-state index < -0.39 is 0 Å². The molecule has 4 aromatic rings. The van der Waals surface area contributed by atoms with Crippen LogP contribution in [0.25, 0.3) is 21.3 Å². The van der Waals surface area contributed by atoms with Gasteiger partial charge in [-0.1, -0.05) is 35.6 Å². The minimum Gasteiger partial charge on any atom is -0.492 e. The first-order valence-electron chi connectivity index (χ1n) is 9.10. The van der Waals surface area contributed by atoms with Crippen molar-refractivity contribution in [2.24, 2.45) is 5.92 Å². The molecular weight excluding hydrogens is 372 g/mol. The molecule has 2 aromatic carbocycles. The van der Waals surface area contributed by atoms with Crippen LogP contribution in [0.1, 0.15) is 11.3 Å². The quantitative estimate of drug-likeness (QED) is 0.550. The third-order valence-electron chi connectivity index (χ3n) is 5.01. The van der Waals surface area contributed by atoms with Crippen LogP contribution in [-0.2, 0) is 11.2 Å². The van der Waals surface area contributed by atoms with Gasteiger partial charge in [-0.25, -0.2) is 4.98 Å². The largest absolute Gasteiger partial charge is 0.492 e. The number of carbonyl (C=O) groups excluding carboxylic acids is 1. The Kier molecular flexibility index (Phi) is 4.09. The van der Waals surface area contributed by atoms with Crippen molar-refractivity contribution in [3.63, 3.8) is 0 Å². The summed E-state index contributed by atoms with van der Waals surface area (Å²) in [4.78, 5) is 17.3. The number of carbonyl (C=O) groups is 1. The highest BCUT2D eigenvalue weighted by Gasteiger charge is 2.26. The average Bonchev–Trinajstić information content (AvgIpc) is 3.32. The molecule has 28 heavy (non-hydrogen) atoms. The monoisotopic (exact) mass is 390 g/mol. The number of aromatic nitrogens is 3. The number of aromatic amines is 1. The second-order valence-corrected chi connectivity index (χ2v) is 7.95. The van der Waals surface area contributed by atoms with Crippen molar-refractivity contribution in [3.05, 3.63) is 59.9 Å². The zero-order chi connectivity index (χ0) is 19.1. The maximum Gasteiger partial charge on any atom is 0.233 e. The van der Waals surface area contributed by atoms with Crippen LogP contribution in [0.4, 0.5) is 5.13 Å². The van der Waals surface area contributed by atoms with Gasteiger partial charge in [-0.3, -0.25) is 9.89 Å². The number of amides is 1. The van der Waals surface area contributed by atoms with Crippen molar-refractivity contribution in [2.45, 2.75) is 13.3 Å². The van der Waals surface area contributed by atoms with Crippen molar-refractivity contribution in [1.82, 2.24) is 15.2 Å². The van der Waals surface area contributed by atoms with Gasteiger partial charge in [0.2, 0.25) is 5.91 Å². The molecule has 0 aliphatic carbocycles. The molecule has 2 aromatic heterocycles. The third kappa shape index (κ3) is 3.03. The number of benzene rings is 2. The molecule has 5 rings (SSSR count). The van der Waals surface area contributed by atoms with Gasteiger partial charge in [-0.05, 0) is 42.7 Å². The van der Waals surface area contributed by atoms with Crippen molar-refractivity contribution in [1.29, 1.82) is 0 Å². The summed E-state index contributed by atoms with van der Waals surface area (Å²) in [6.45, 7) is 2.38. The highest BCUT2D eigenvalue weighted by atomic mass is 32.1. The zero-order valence-electron chi connectivity index (χ0n) is 15.2. The minimum absolute atomic E-state index is 0.0561. The first kappa shape index (κ1) is 16.9. The van der Waals surface area contributed by atoms with Gasteiger partial charge in [-0.15, -0.1) is 0 Å². The van der Waals surface area contributed by atoms with Crippen LogP contribution in [0.2, 0.25) is 0 Å². The van der Waals surface area contributed by atoms with E-state index in [4.69, 9.17) is 4.74 Å². The normalized spacial score (nSPS) is 15.8. The summed E-state index contributed by atoms with van der Waals surface area (Å²) < 4.78 is 6.76. The van der Waals surface area contributed by atoms with Crippen molar-refractivity contribution < 1.29 is 9.53 Å². The second-order valence-electron chi connectivity index (χ2n) is 6.92. The van der Waals surface area contributed by atoms with E-state index in [1.165, 1.54) is 11.3 Å². The molecule has 0 spiro atoms. The Morgan fingerprint density at radius 3 is 3.04 bits per heavy atom. The molecule has 140 valence electrons. The lowest BCUT2D eigenvalue weighted by Crippen LogP contribution is -2.32. The Morgan fingerprint density at radius 1 is 1.29 bits per heavy atom. The van der Waals surface area contributed by atoms with Crippen molar-refractivity contribution >= 4 is 32.6 Å². The van der Waals surface area contributed by atoms with Crippen LogP contribution in [0.3, 0.4) is 0 Å². The fourth-order valence-corrected chi connectivity index (χ4v) is 4.40. The molecule has 0 fully saturated rings. The van der Waals surface area contributed by atoms with Crippen LogP contribution >= 0.6 is 11.3 Å². The first-order chi connectivity index (χ1) is 13.7. The Bertz CT molecular complexity index is 1180. The van der Waals surface area contributed by atoms with Crippen LogP contribution in [-0.4, -0.2) is 27.7 Å². The van der Waals surface area contributed by atoms with Gasteiger partial charge in [0.25, 0.3) is 0 Å². The summed E-state index contributed by atoms with van der Waals surface area (Å²) in [5, 5.41) is 10.6. The molecule has 1 amide bonds. The molecule has 0 saturated carbocycles. The number of H-pyrrole nitrogens is 1. The Labute approximate surface area is 165 Å². The van der Waals surface area contributed by atoms with E-state index in [0.29, 0.717) is 18.2 Å². The molecule has 7 heteroatoms. The summed E-state index contributed by atoms with van der Waals surface area (Å²) in [6, 6.07) is 13.9. The molecule has 1 atom stereocenters. The molecular formula is C21H18N4O2S. The van der Waals surface area contributed by atoms with Gasteiger partial charge in [-0.2, -0.15) is 5.10 Å². The predicted molar refractivity (Wildman–Crippen MR) is 110 cm³/mol. The van der Waals surface area contributed by atoms with Crippen LogP contribution in [0.5, 0.6) is 5.75 Å². The van der Waals surface area contributed by atoms with Gasteiger partial charge in [0.15, 0.2) is 5.13 Å². The number of nitrogens with zero attached hydrogens (tertiary/aromatic N) is 2. The number of hydrogen-bond donors (Lipinski definition) is 2. The fourth-order valence-electron chi connectivity index (χ4n) is 3.49. The third-order valence-corrected chi connectivity index (χ3v) is 5.94. The maximum atomic E-state index is 12.7. The molecule has 1 aliphatic rings. The zero-order valence-corrected chi connectivity index (χ0v) is 16.0. The minimum atomic E-state index is -0.217. The van der Waals surface area contributed by atoms with E-state index in [-0.39, 0.29) is 11.8 Å². The number of anilines is 1. The predicted octanol–water partition coefficient (Wildman–Crippen LogP) is 4.18. The number of hydrogen-bond acceptors (Lipinski definition) is 5. The lowest BCUT2D eigenvalue weighted by Gasteiger charge is -2.24. The Morgan fingerprint density at radius 2 is 2.18 bits per heavy atom. The number of rotatable bonds is 3. The molecule has 3 heterocycles. The SMILES string of the molecule is Cc1[nH]ncc1-c1ccc2nc(NC(=O)C3COc4ccccc4C3)sc2c1. The van der Waals surface area contributed by atoms with E-state index >= 15 is 0 Å². The van der Waals surface area contributed by atoms with Crippen LogP contribution in [0.15, 0.2) is 48.7 Å². The Balaban J connectivity index is 1.35. The summed E-state index contributed by atoms with van der Waals surface area (Å²) in [5.74, 6) is 0.596. The number of ether oxygens (including phenoxy) is 1. The second kappa shape index (κ2) is 6.76. The maximum absolute atomic E-state index is 12.7. The average molecular weight is 390 g/mol. The Hall–Kier alpha value is -3.19. The van der Waals surface area contributed by atoms with Gasteiger partial charge >= 0.3 is 0 Å². The molecule has 6 nitrogen and oxygen atoms in total. The fraction of sp³-hybridized carbons (Fsp3) is 0.190. The number of thiazole rings is 1. The molecule has 1 aliphatic heterocycles. The van der Waals surface area contributed by atoms with E-state index in [0.717, 1.165) is 38.4 Å². The van der Waals surface area contributed by atoms with Crippen molar-refractivity contribution in [3.8, 4) is 16.9 Å². The van der Waals surface area contributed by atoms with Gasteiger partial charge in [0, 0.05) is 11.3 Å². The summed E-state index contributed by atoms with van der Waals surface area (Å²) in [5.41, 5.74) is 5.11. The highest BCUT2D eigenvalue weighted by Crippen LogP contribution is 2.32. The molecule has 2 N–H and O–H groups in total. The van der Waals surface area contributed by atoms with Gasteiger partial charge in [0.05, 0.1) is 22.3 Å². The van der Waals surface area contributed by atoms with Crippen LogP contribution in [0, 0.1) is 12.8 Å². The van der Waals surface area contributed by atoms with E-state index in [2.05, 4.69) is 26.6 Å². The number of fused-ring (bicyclic) bond motifs is 2.